The fourth-order valence-corrected chi connectivity index (χ4v) is 5.05. The van der Waals surface area contributed by atoms with Gasteiger partial charge in [-0.1, -0.05) is 42.5 Å². The second-order valence-electron chi connectivity index (χ2n) is 14.1. The highest BCUT2D eigenvalue weighted by Crippen LogP contribution is 2.16. The average molecular weight is 687 g/mol. The van der Waals surface area contributed by atoms with Gasteiger partial charge in [-0.3, -0.25) is 4.79 Å². The van der Waals surface area contributed by atoms with Crippen LogP contribution in [0.3, 0.4) is 0 Å². The van der Waals surface area contributed by atoms with Crippen LogP contribution in [0, 0.1) is 0 Å². The van der Waals surface area contributed by atoms with E-state index < -0.39 is 47.7 Å². The third-order valence-electron chi connectivity index (χ3n) is 7.43. The summed E-state index contributed by atoms with van der Waals surface area (Å²) in [6, 6.07) is 15.4. The van der Waals surface area contributed by atoms with Crippen LogP contribution in [0.25, 0.3) is 0 Å². The van der Waals surface area contributed by atoms with E-state index in [-0.39, 0.29) is 32.0 Å². The largest absolute Gasteiger partial charge is 0.492 e. The first-order chi connectivity index (χ1) is 23.1. The molecule has 0 aliphatic carbocycles. The lowest BCUT2D eigenvalue weighted by Crippen LogP contribution is -2.53. The lowest BCUT2D eigenvalue weighted by atomic mass is 10.00. The average Bonchev–Trinajstić information content (AvgIpc) is 3.00. The smallest absolute Gasteiger partial charge is 0.407 e. The van der Waals surface area contributed by atoms with Gasteiger partial charge in [0.2, 0.25) is 5.91 Å². The van der Waals surface area contributed by atoms with E-state index in [1.165, 1.54) is 0 Å². The molecule has 2 aromatic rings. The number of aliphatic hydroxyl groups is 2. The van der Waals surface area contributed by atoms with Gasteiger partial charge < -0.3 is 50.0 Å². The first-order valence-corrected chi connectivity index (χ1v) is 16.7. The molecular weight excluding hydrogens is 632 g/mol. The molecule has 1 aliphatic heterocycles. The molecule has 3 rings (SSSR count). The molecule has 4 atom stereocenters. The molecule has 13 heteroatoms. The Hall–Kier alpha value is -3.91. The predicted octanol–water partition coefficient (Wildman–Crippen LogP) is 2.81. The fourth-order valence-electron chi connectivity index (χ4n) is 5.05. The van der Waals surface area contributed by atoms with Crippen LogP contribution in [0.15, 0.2) is 54.6 Å². The normalized spacial score (nSPS) is 16.2. The summed E-state index contributed by atoms with van der Waals surface area (Å²) in [7, 11) is 0. The van der Waals surface area contributed by atoms with Crippen molar-refractivity contribution in [1.29, 1.82) is 0 Å². The summed E-state index contributed by atoms with van der Waals surface area (Å²) < 4.78 is 21.8. The van der Waals surface area contributed by atoms with Crippen molar-refractivity contribution in [2.24, 2.45) is 0 Å². The second kappa shape index (κ2) is 18.7. The molecule has 0 spiro atoms. The topological polar surface area (TPSA) is 168 Å². The molecule has 2 aromatic carbocycles. The van der Waals surface area contributed by atoms with Gasteiger partial charge in [0.1, 0.15) is 30.2 Å². The Morgan fingerprint density at radius 1 is 0.816 bits per heavy atom. The van der Waals surface area contributed by atoms with Crippen LogP contribution >= 0.6 is 0 Å². The molecule has 1 aliphatic rings. The van der Waals surface area contributed by atoms with Gasteiger partial charge in [-0.25, -0.2) is 9.59 Å². The van der Waals surface area contributed by atoms with Crippen molar-refractivity contribution >= 4 is 18.1 Å². The molecule has 272 valence electrons. The number of nitrogens with one attached hydrogen (secondary N) is 3. The maximum atomic E-state index is 12.7. The Labute approximate surface area is 289 Å². The molecule has 1 heterocycles. The van der Waals surface area contributed by atoms with Gasteiger partial charge in [0.15, 0.2) is 0 Å². The Bertz CT molecular complexity index is 1310. The first-order valence-electron chi connectivity index (χ1n) is 16.7. The van der Waals surface area contributed by atoms with Gasteiger partial charge in [-0.15, -0.1) is 0 Å². The monoisotopic (exact) mass is 686 g/mol. The van der Waals surface area contributed by atoms with E-state index in [1.807, 2.05) is 42.5 Å². The second-order valence-corrected chi connectivity index (χ2v) is 14.1. The number of ether oxygens (including phenoxy) is 4. The van der Waals surface area contributed by atoms with Gasteiger partial charge in [0, 0.05) is 19.6 Å². The number of alkyl carbamates (subject to hydrolysis) is 2. The van der Waals surface area contributed by atoms with Crippen molar-refractivity contribution in [3.05, 3.63) is 65.7 Å². The maximum absolute atomic E-state index is 12.7. The number of amides is 3. The number of benzene rings is 2. The quantitative estimate of drug-likeness (QED) is 0.177. The molecule has 1 saturated heterocycles. The molecule has 49 heavy (non-hydrogen) atoms. The molecule has 13 nitrogen and oxygen atoms in total. The third-order valence-corrected chi connectivity index (χ3v) is 7.43. The summed E-state index contributed by atoms with van der Waals surface area (Å²) in [6.07, 6.45) is -2.75. The van der Waals surface area contributed by atoms with Crippen LogP contribution in [0.1, 0.15) is 52.7 Å². The number of hydrogen-bond acceptors (Lipinski definition) is 10. The van der Waals surface area contributed by atoms with Crippen LogP contribution in [-0.4, -0.2) is 115 Å². The highest BCUT2D eigenvalue weighted by molar-refractivity contribution is 5.78. The van der Waals surface area contributed by atoms with E-state index >= 15 is 0 Å². The summed E-state index contributed by atoms with van der Waals surface area (Å²) in [5.74, 6) is 0.572. The molecule has 0 aromatic heterocycles. The van der Waals surface area contributed by atoms with Gasteiger partial charge in [-0.05, 0) is 77.6 Å². The Morgan fingerprint density at radius 2 is 1.33 bits per heavy atom. The van der Waals surface area contributed by atoms with Crippen molar-refractivity contribution in [1.82, 2.24) is 20.9 Å². The zero-order valence-corrected chi connectivity index (χ0v) is 29.6. The first kappa shape index (κ1) is 39.5. The van der Waals surface area contributed by atoms with Crippen LogP contribution < -0.4 is 20.7 Å². The van der Waals surface area contributed by atoms with E-state index in [0.29, 0.717) is 38.5 Å². The van der Waals surface area contributed by atoms with E-state index in [1.54, 1.807) is 58.6 Å². The van der Waals surface area contributed by atoms with Crippen molar-refractivity contribution in [2.75, 3.05) is 46.0 Å². The minimum atomic E-state index is -1.06. The lowest BCUT2D eigenvalue weighted by molar-refractivity contribution is -0.143. The number of morpholine rings is 1. The highest BCUT2D eigenvalue weighted by Gasteiger charge is 2.28. The van der Waals surface area contributed by atoms with Crippen LogP contribution in [-0.2, 0) is 31.8 Å². The van der Waals surface area contributed by atoms with Crippen LogP contribution in [0.5, 0.6) is 5.75 Å². The lowest BCUT2D eigenvalue weighted by Gasteiger charge is -2.29. The van der Waals surface area contributed by atoms with Gasteiger partial charge >= 0.3 is 12.2 Å². The van der Waals surface area contributed by atoms with E-state index in [9.17, 15) is 24.6 Å². The van der Waals surface area contributed by atoms with Crippen molar-refractivity contribution < 1.29 is 43.5 Å². The molecular formula is C36H54N4O9. The van der Waals surface area contributed by atoms with Crippen molar-refractivity contribution in [2.45, 2.75) is 89.9 Å². The van der Waals surface area contributed by atoms with E-state index in [0.717, 1.165) is 11.1 Å². The van der Waals surface area contributed by atoms with E-state index in [2.05, 4.69) is 16.0 Å². The summed E-state index contributed by atoms with van der Waals surface area (Å²) >= 11 is 0. The standard InChI is InChI=1S/C36H54N4O9/c1-35(2,3)48-33(44)38-28(20-25-10-8-7-9-11-25)30(41)22-37-23-31(42)29(39-34(45)49-36(4,5)6)21-26-12-14-27(15-13-26)47-19-17-40-16-18-46-24-32(40)43/h7-15,28-31,37,41-42H,16-24H2,1-6H3,(H,38,44)(H,39,45)/t28-,29+,30-,31?/m0/s1. The third kappa shape index (κ3) is 15.5. The summed E-state index contributed by atoms with van der Waals surface area (Å²) in [4.78, 5) is 38.9. The summed E-state index contributed by atoms with van der Waals surface area (Å²) in [6.45, 7) is 12.6. The number of carbonyl (C=O) groups excluding carboxylic acids is 3. The van der Waals surface area contributed by atoms with Crippen LogP contribution in [0.2, 0.25) is 0 Å². The number of rotatable bonds is 16. The Balaban J connectivity index is 1.60. The zero-order valence-electron chi connectivity index (χ0n) is 29.6. The van der Waals surface area contributed by atoms with Crippen molar-refractivity contribution in [3.63, 3.8) is 0 Å². The van der Waals surface area contributed by atoms with Gasteiger partial charge in [-0.2, -0.15) is 0 Å². The number of aliphatic hydroxyl groups excluding tert-OH is 2. The number of nitrogens with zero attached hydrogens (tertiary/aromatic N) is 1. The molecule has 3 amide bonds. The molecule has 1 fully saturated rings. The summed E-state index contributed by atoms with van der Waals surface area (Å²) in [5.41, 5.74) is 0.318. The molecule has 0 saturated carbocycles. The number of hydrogen-bond donors (Lipinski definition) is 5. The zero-order chi connectivity index (χ0) is 36.0. The van der Waals surface area contributed by atoms with Gasteiger partial charge in [0.05, 0.1) is 37.4 Å². The highest BCUT2D eigenvalue weighted by atomic mass is 16.6. The molecule has 0 bridgehead atoms. The summed E-state index contributed by atoms with van der Waals surface area (Å²) in [5, 5.41) is 31.0. The van der Waals surface area contributed by atoms with Gasteiger partial charge in [0.25, 0.3) is 0 Å². The molecule has 1 unspecified atom stereocenters. The predicted molar refractivity (Wildman–Crippen MR) is 184 cm³/mol. The molecule has 0 radical (unpaired) electrons. The SMILES string of the molecule is CC(C)(C)OC(=O)N[C@@H](Cc1ccccc1)[C@@H](O)CNCC(O)[C@@H](Cc1ccc(OCCN2CCOCC2=O)cc1)NC(=O)OC(C)(C)C. The Kier molecular flexibility index (Phi) is 15.1. The fraction of sp³-hybridized carbons (Fsp3) is 0.583. The number of carbonyl (C=O) groups is 3. The minimum Gasteiger partial charge on any atom is -0.492 e. The van der Waals surface area contributed by atoms with Crippen LogP contribution in [0.4, 0.5) is 9.59 Å². The Morgan fingerprint density at radius 3 is 1.82 bits per heavy atom. The maximum Gasteiger partial charge on any atom is 0.407 e. The molecule has 5 N–H and O–H groups in total. The van der Waals surface area contributed by atoms with E-state index in [4.69, 9.17) is 18.9 Å². The minimum absolute atomic E-state index is 0.0312. The van der Waals surface area contributed by atoms with Crippen molar-refractivity contribution in [3.8, 4) is 5.75 Å².